The molecule has 1 aliphatic carbocycles. The summed E-state index contributed by atoms with van der Waals surface area (Å²) < 4.78 is 28.8. The molecule has 5 rings (SSSR count). The molecule has 1 aliphatic rings. The number of aromatic nitrogens is 5. The van der Waals surface area contributed by atoms with Gasteiger partial charge in [-0.15, -0.1) is 10.2 Å². The molecule has 0 bridgehead atoms. The maximum absolute atomic E-state index is 13.3. The number of hydrogen-bond donors (Lipinski definition) is 1. The predicted molar refractivity (Wildman–Crippen MR) is 134 cm³/mol. The number of hydrogen-bond acceptors (Lipinski definition) is 6. The van der Waals surface area contributed by atoms with Gasteiger partial charge in [-0.1, -0.05) is 19.6 Å². The Labute approximate surface area is 203 Å². The number of anilines is 1. The van der Waals surface area contributed by atoms with Crippen molar-refractivity contribution < 1.29 is 18.7 Å². The zero-order valence-corrected chi connectivity index (χ0v) is 21.3. The van der Waals surface area contributed by atoms with Gasteiger partial charge in [0.05, 0.1) is 13.0 Å². The van der Waals surface area contributed by atoms with Gasteiger partial charge in [-0.2, -0.15) is 0 Å². The van der Waals surface area contributed by atoms with E-state index in [0.29, 0.717) is 36.2 Å². The molecule has 4 aromatic rings. The van der Waals surface area contributed by atoms with E-state index < -0.39 is 20.2 Å². The fourth-order valence-corrected chi connectivity index (χ4v) is 4.72. The molecule has 1 saturated carbocycles. The van der Waals surface area contributed by atoms with E-state index in [4.69, 9.17) is 14.5 Å². The van der Waals surface area contributed by atoms with E-state index in [9.17, 15) is 9.18 Å². The lowest BCUT2D eigenvalue weighted by Crippen LogP contribution is -2.22. The summed E-state index contributed by atoms with van der Waals surface area (Å²) in [5.41, 5.74) is 3.09. The predicted octanol–water partition coefficient (Wildman–Crippen LogP) is 4.36. The average molecular weight is 497 g/mol. The molecule has 2 atom stereocenters. The van der Waals surface area contributed by atoms with Crippen molar-refractivity contribution in [3.63, 3.8) is 0 Å². The third-order valence-electron chi connectivity index (χ3n) is 6.15. The number of nitrogens with one attached hydrogen (secondary N) is 1. The average Bonchev–Trinajstić information content (AvgIpc) is 3.22. The van der Waals surface area contributed by atoms with Gasteiger partial charge < -0.3 is 19.4 Å². The van der Waals surface area contributed by atoms with Crippen molar-refractivity contribution in [1.82, 2.24) is 24.1 Å². The van der Waals surface area contributed by atoms with Crippen LogP contribution < -0.4 is 10.1 Å². The number of rotatable bonds is 9. The molecule has 1 amide bonds. The zero-order chi connectivity index (χ0) is 24.7. The van der Waals surface area contributed by atoms with Crippen molar-refractivity contribution in [3.05, 3.63) is 36.9 Å². The van der Waals surface area contributed by atoms with Crippen LogP contribution in [-0.2, 0) is 16.3 Å². The Morgan fingerprint density at radius 2 is 2.06 bits per heavy atom. The highest BCUT2D eigenvalue weighted by atomic mass is 28.3. The Morgan fingerprint density at radius 1 is 1.26 bits per heavy atom. The van der Waals surface area contributed by atoms with Crippen LogP contribution in [0.15, 0.2) is 36.9 Å². The number of ether oxygens (including phenoxy) is 2. The number of alkyl halides is 1. The van der Waals surface area contributed by atoms with Gasteiger partial charge in [0.1, 0.15) is 36.4 Å². The van der Waals surface area contributed by atoms with Gasteiger partial charge in [-0.25, -0.2) is 9.37 Å². The molecule has 0 aliphatic heterocycles. The van der Waals surface area contributed by atoms with Crippen LogP contribution in [0.5, 0.6) is 5.75 Å². The first-order valence-electron chi connectivity index (χ1n) is 11.6. The van der Waals surface area contributed by atoms with Crippen molar-refractivity contribution in [2.24, 2.45) is 5.92 Å². The summed E-state index contributed by atoms with van der Waals surface area (Å²) >= 11 is 0. The van der Waals surface area contributed by atoms with Crippen LogP contribution in [0.2, 0.25) is 25.7 Å². The summed E-state index contributed by atoms with van der Waals surface area (Å²) in [6, 6.07) is 6.53. The number of fused-ring (bicyclic) bond motifs is 2. The van der Waals surface area contributed by atoms with E-state index >= 15 is 0 Å². The number of carbonyl (C=O) groups is 1. The molecule has 0 radical (unpaired) electrons. The van der Waals surface area contributed by atoms with Gasteiger partial charge >= 0.3 is 0 Å². The van der Waals surface area contributed by atoms with E-state index in [1.165, 1.54) is 0 Å². The number of nitrogens with zero attached hydrogens (tertiary/aromatic N) is 5. The van der Waals surface area contributed by atoms with E-state index in [1.54, 1.807) is 19.5 Å². The quantitative estimate of drug-likeness (QED) is 0.273. The number of methoxy groups -OCH3 is 1. The minimum absolute atomic E-state index is 0.269. The molecule has 184 valence electrons. The largest absolute Gasteiger partial charge is 0.496 e. The first-order valence-corrected chi connectivity index (χ1v) is 15.3. The van der Waals surface area contributed by atoms with E-state index in [2.05, 4.69) is 35.2 Å². The summed E-state index contributed by atoms with van der Waals surface area (Å²) in [6.07, 6.45) is 4.74. The lowest BCUT2D eigenvalue weighted by molar-refractivity contribution is -0.117. The first kappa shape index (κ1) is 23.4. The zero-order valence-electron chi connectivity index (χ0n) is 20.3. The van der Waals surface area contributed by atoms with Crippen LogP contribution in [-0.4, -0.2) is 58.0 Å². The van der Waals surface area contributed by atoms with E-state index in [-0.39, 0.29) is 12.3 Å². The summed E-state index contributed by atoms with van der Waals surface area (Å²) in [4.78, 5) is 17.0. The molecule has 35 heavy (non-hydrogen) atoms. The second kappa shape index (κ2) is 9.04. The molecular formula is C24H29FN6O3Si. The highest BCUT2D eigenvalue weighted by Gasteiger charge is 2.43. The van der Waals surface area contributed by atoms with Crippen molar-refractivity contribution in [1.29, 1.82) is 0 Å². The maximum atomic E-state index is 13.3. The van der Waals surface area contributed by atoms with Crippen molar-refractivity contribution >= 4 is 36.5 Å². The summed E-state index contributed by atoms with van der Waals surface area (Å²) in [5.74, 6) is 0.119. The minimum Gasteiger partial charge on any atom is -0.496 e. The fourth-order valence-electron chi connectivity index (χ4n) is 3.97. The van der Waals surface area contributed by atoms with Gasteiger partial charge in [-0.05, 0) is 24.6 Å². The SMILES string of the molecule is COc1cc2nncn2cc1-c1cn(COCC[Si](C)(C)C)c2nc(NC(=O)[C@@H]3C[C@@H]3F)ccc12. The van der Waals surface area contributed by atoms with Gasteiger partial charge in [-0.3, -0.25) is 9.20 Å². The van der Waals surface area contributed by atoms with Gasteiger partial charge in [0.2, 0.25) is 5.91 Å². The Bertz CT molecular complexity index is 1400. The third-order valence-corrected chi connectivity index (χ3v) is 7.86. The second-order valence-electron chi connectivity index (χ2n) is 10.1. The molecule has 0 saturated heterocycles. The normalized spacial score (nSPS) is 17.7. The lowest BCUT2D eigenvalue weighted by Gasteiger charge is -2.15. The lowest BCUT2D eigenvalue weighted by atomic mass is 10.1. The molecule has 11 heteroatoms. The molecule has 1 N–H and O–H groups in total. The summed E-state index contributed by atoms with van der Waals surface area (Å²) in [6.45, 7) is 7.91. The number of amides is 1. The van der Waals surface area contributed by atoms with Crippen LogP contribution in [0.25, 0.3) is 27.8 Å². The van der Waals surface area contributed by atoms with Crippen molar-refractivity contribution in [3.8, 4) is 16.9 Å². The van der Waals surface area contributed by atoms with Crippen LogP contribution in [0, 0.1) is 5.92 Å². The molecule has 0 spiro atoms. The summed E-state index contributed by atoms with van der Waals surface area (Å²) in [7, 11) is 0.392. The van der Waals surface area contributed by atoms with Gasteiger partial charge in [0, 0.05) is 49.7 Å². The molecule has 4 aromatic heterocycles. The van der Waals surface area contributed by atoms with Crippen LogP contribution in [0.4, 0.5) is 10.2 Å². The summed E-state index contributed by atoms with van der Waals surface area (Å²) in [5, 5.41) is 11.7. The molecule has 0 aromatic carbocycles. The fraction of sp³-hybridized carbons (Fsp3) is 0.417. The highest BCUT2D eigenvalue weighted by molar-refractivity contribution is 6.76. The molecule has 1 fully saturated rings. The van der Waals surface area contributed by atoms with Gasteiger partial charge in [0.15, 0.2) is 5.65 Å². The Balaban J connectivity index is 1.53. The van der Waals surface area contributed by atoms with E-state index in [1.807, 2.05) is 33.5 Å². The first-order chi connectivity index (χ1) is 16.7. The minimum atomic E-state index is -1.23. The van der Waals surface area contributed by atoms with Crippen LogP contribution >= 0.6 is 0 Å². The van der Waals surface area contributed by atoms with Crippen LogP contribution in [0.1, 0.15) is 6.42 Å². The number of halogens is 1. The molecular weight excluding hydrogens is 467 g/mol. The standard InChI is InChI=1S/C24H29FN6O3Si/c1-33-20-10-22-29-26-13-30(22)12-18(20)17-11-31(14-34-7-8-35(2,3)4)23-15(17)5-6-21(27-23)28-24(32)16-9-19(16)25/h5-6,10-13,16,19H,7-9,14H2,1-4H3,(H,27,28,32)/t16-,19+/m1/s1. The maximum Gasteiger partial charge on any atom is 0.231 e. The number of carbonyl (C=O) groups excluding carboxylic acids is 1. The van der Waals surface area contributed by atoms with Crippen molar-refractivity contribution in [2.75, 3.05) is 19.0 Å². The second-order valence-corrected chi connectivity index (χ2v) is 15.7. The molecule has 9 nitrogen and oxygen atoms in total. The topological polar surface area (TPSA) is 95.6 Å². The monoisotopic (exact) mass is 496 g/mol. The Kier molecular flexibility index (Phi) is 6.05. The molecule has 4 heterocycles. The van der Waals surface area contributed by atoms with Gasteiger partial charge in [0.25, 0.3) is 0 Å². The van der Waals surface area contributed by atoms with E-state index in [0.717, 1.165) is 22.6 Å². The van der Waals surface area contributed by atoms with Crippen LogP contribution in [0.3, 0.4) is 0 Å². The highest BCUT2D eigenvalue weighted by Crippen LogP contribution is 2.38. The smallest absolute Gasteiger partial charge is 0.231 e. The number of pyridine rings is 2. The third kappa shape index (κ3) is 4.91. The Morgan fingerprint density at radius 3 is 2.77 bits per heavy atom. The van der Waals surface area contributed by atoms with Crippen molar-refractivity contribution in [2.45, 2.75) is 45.0 Å². The molecule has 0 unspecified atom stereocenters. The Hall–Kier alpha value is -3.31.